The lowest BCUT2D eigenvalue weighted by molar-refractivity contribution is -0.147. The predicted molar refractivity (Wildman–Crippen MR) is 95.5 cm³/mol. The van der Waals surface area contributed by atoms with Crippen LogP contribution in [0.4, 0.5) is 0 Å². The summed E-state index contributed by atoms with van der Waals surface area (Å²) in [6.07, 6.45) is 9.25. The van der Waals surface area contributed by atoms with E-state index in [1.807, 2.05) is 12.1 Å². The van der Waals surface area contributed by atoms with E-state index in [1.165, 1.54) is 18.4 Å². The average Bonchev–Trinajstić information content (AvgIpc) is 3.15. The van der Waals surface area contributed by atoms with E-state index in [2.05, 4.69) is 31.2 Å². The highest BCUT2D eigenvalue weighted by Gasteiger charge is 2.80. The van der Waals surface area contributed by atoms with Gasteiger partial charge in [0.05, 0.1) is 13.0 Å². The van der Waals surface area contributed by atoms with Gasteiger partial charge in [-0.2, -0.15) is 0 Å². The molecule has 2 bridgehead atoms. The number of methoxy groups -OCH3 is 1. The highest BCUT2D eigenvalue weighted by atomic mass is 35.5. The number of allylic oxidation sites excluding steroid dienone is 2. The van der Waals surface area contributed by atoms with E-state index in [4.69, 9.17) is 21.1 Å². The number of rotatable bonds is 2. The zero-order valence-electron chi connectivity index (χ0n) is 14.6. The fraction of sp³-hybridized carbons (Fsp3) is 0.571. The van der Waals surface area contributed by atoms with E-state index in [1.54, 1.807) is 7.11 Å². The van der Waals surface area contributed by atoms with Crippen molar-refractivity contribution in [3.05, 3.63) is 42.0 Å². The first-order valence-corrected chi connectivity index (χ1v) is 9.63. The molecule has 5 rings (SSSR count). The number of carbonyl (C=O) groups is 1. The smallest absolute Gasteiger partial charge is 0.311 e. The zero-order chi connectivity index (χ0) is 17.4. The molecular weight excluding hydrogens is 336 g/mol. The molecule has 1 aromatic rings. The summed E-state index contributed by atoms with van der Waals surface area (Å²) < 4.78 is 10.9. The third kappa shape index (κ3) is 1.54. The van der Waals surface area contributed by atoms with Gasteiger partial charge in [0.1, 0.15) is 5.75 Å². The fourth-order valence-electron chi connectivity index (χ4n) is 6.84. The van der Waals surface area contributed by atoms with Crippen LogP contribution in [0.25, 0.3) is 0 Å². The molecule has 0 N–H and O–H groups in total. The Balaban J connectivity index is 1.76. The molecule has 3 fully saturated rings. The number of halogens is 1. The molecule has 0 radical (unpaired) electrons. The summed E-state index contributed by atoms with van der Waals surface area (Å²) in [5, 5.41) is 0. The number of alkyl halides is 1. The minimum atomic E-state index is -0.552. The number of cyclic esters (lactones) is 1. The molecular formula is C21H23ClO3. The van der Waals surface area contributed by atoms with Crippen molar-refractivity contribution in [2.75, 3.05) is 7.11 Å². The van der Waals surface area contributed by atoms with Crippen LogP contribution in [0.5, 0.6) is 5.75 Å². The lowest BCUT2D eigenvalue weighted by Crippen LogP contribution is -2.48. The second kappa shape index (κ2) is 4.82. The summed E-state index contributed by atoms with van der Waals surface area (Å²) in [5.41, 5.74) is 0.324. The van der Waals surface area contributed by atoms with Gasteiger partial charge in [-0.1, -0.05) is 55.7 Å². The largest absolute Gasteiger partial charge is 0.497 e. The summed E-state index contributed by atoms with van der Waals surface area (Å²) in [6.45, 7) is 2.38. The van der Waals surface area contributed by atoms with E-state index in [0.29, 0.717) is 0 Å². The van der Waals surface area contributed by atoms with Gasteiger partial charge in [0.15, 0.2) is 5.56 Å². The van der Waals surface area contributed by atoms with Crippen molar-refractivity contribution in [3.8, 4) is 5.75 Å². The van der Waals surface area contributed by atoms with Crippen molar-refractivity contribution in [1.82, 2.24) is 0 Å². The Morgan fingerprint density at radius 3 is 2.60 bits per heavy atom. The Morgan fingerprint density at radius 1 is 1.16 bits per heavy atom. The van der Waals surface area contributed by atoms with Gasteiger partial charge in [-0.05, 0) is 36.0 Å². The second-order valence-corrected chi connectivity index (χ2v) is 8.73. The molecule has 0 spiro atoms. The molecule has 1 saturated heterocycles. The lowest BCUT2D eigenvalue weighted by Gasteiger charge is -2.51. The van der Waals surface area contributed by atoms with Crippen molar-refractivity contribution in [1.29, 1.82) is 0 Å². The number of hydrogen-bond acceptors (Lipinski definition) is 3. The van der Waals surface area contributed by atoms with Gasteiger partial charge in [-0.25, -0.2) is 0 Å². The van der Waals surface area contributed by atoms with Gasteiger partial charge in [0, 0.05) is 16.7 Å². The molecule has 0 aromatic heterocycles. The molecule has 132 valence electrons. The molecule has 3 nitrogen and oxygen atoms in total. The van der Waals surface area contributed by atoms with Crippen LogP contribution in [0.1, 0.15) is 38.2 Å². The van der Waals surface area contributed by atoms with Crippen molar-refractivity contribution in [2.45, 2.75) is 43.6 Å². The molecule has 1 aromatic carbocycles. The summed E-state index contributed by atoms with van der Waals surface area (Å²) in [5.74, 6) is 0.631. The minimum Gasteiger partial charge on any atom is -0.497 e. The van der Waals surface area contributed by atoms with Gasteiger partial charge in [-0.15, -0.1) is 0 Å². The van der Waals surface area contributed by atoms with E-state index >= 15 is 0 Å². The van der Waals surface area contributed by atoms with E-state index < -0.39 is 5.56 Å². The summed E-state index contributed by atoms with van der Waals surface area (Å²) in [7, 11) is 1.68. The van der Waals surface area contributed by atoms with Crippen LogP contribution in [0.3, 0.4) is 0 Å². The number of benzene rings is 1. The van der Waals surface area contributed by atoms with Gasteiger partial charge in [0.25, 0.3) is 0 Å². The minimum absolute atomic E-state index is 0.00293. The highest BCUT2D eigenvalue weighted by Crippen LogP contribution is 2.80. The number of hydrogen-bond donors (Lipinski definition) is 0. The summed E-state index contributed by atoms with van der Waals surface area (Å²) >= 11 is 6.62. The Hall–Kier alpha value is -1.48. The van der Waals surface area contributed by atoms with Crippen LogP contribution in [-0.2, 0) is 14.9 Å². The monoisotopic (exact) mass is 358 g/mol. The normalized spacial score (nSPS) is 46.7. The lowest BCUT2D eigenvalue weighted by atomic mass is 9.52. The third-order valence-corrected chi connectivity index (χ3v) is 8.23. The van der Waals surface area contributed by atoms with Crippen LogP contribution in [0.15, 0.2) is 36.4 Å². The quantitative estimate of drug-likeness (QED) is 0.445. The van der Waals surface area contributed by atoms with Gasteiger partial charge < -0.3 is 9.47 Å². The third-order valence-electron chi connectivity index (χ3n) is 7.87. The predicted octanol–water partition coefficient (Wildman–Crippen LogP) is 4.44. The molecule has 0 unspecified atom stereocenters. The van der Waals surface area contributed by atoms with Crippen molar-refractivity contribution in [3.63, 3.8) is 0 Å². The molecule has 3 aliphatic carbocycles. The zero-order valence-corrected chi connectivity index (χ0v) is 15.4. The first-order valence-electron chi connectivity index (χ1n) is 9.20. The SMILES string of the molecule is COc1ccc([C@@]23C=C[C@]4(CCCC[C@@]42C)[C@H]2C(=O)O[C@H](Cl)[C@H]23)cc1. The molecule has 1 aliphatic heterocycles. The molecule has 4 heteroatoms. The number of esters is 1. The van der Waals surface area contributed by atoms with Crippen LogP contribution in [0.2, 0.25) is 0 Å². The van der Waals surface area contributed by atoms with Gasteiger partial charge >= 0.3 is 5.97 Å². The molecule has 0 amide bonds. The molecule has 1 heterocycles. The van der Waals surface area contributed by atoms with Crippen molar-refractivity contribution >= 4 is 17.6 Å². The highest BCUT2D eigenvalue weighted by molar-refractivity contribution is 6.21. The Kier molecular flexibility index (Phi) is 3.04. The van der Waals surface area contributed by atoms with Crippen LogP contribution < -0.4 is 4.74 Å². The molecule has 2 saturated carbocycles. The molecule has 25 heavy (non-hydrogen) atoms. The number of fused-ring (bicyclic) bond motifs is 2. The van der Waals surface area contributed by atoms with Crippen molar-refractivity contribution in [2.24, 2.45) is 22.7 Å². The maximum absolute atomic E-state index is 12.8. The summed E-state index contributed by atoms with van der Waals surface area (Å²) in [4.78, 5) is 12.8. The first-order chi connectivity index (χ1) is 12.0. The van der Waals surface area contributed by atoms with Crippen LogP contribution in [-0.4, -0.2) is 18.6 Å². The number of ether oxygens (including phenoxy) is 2. The topological polar surface area (TPSA) is 35.5 Å². The van der Waals surface area contributed by atoms with Crippen LogP contribution >= 0.6 is 11.6 Å². The van der Waals surface area contributed by atoms with E-state index in [0.717, 1.165) is 18.6 Å². The fourth-order valence-corrected chi connectivity index (χ4v) is 7.27. The first kappa shape index (κ1) is 15.7. The Morgan fingerprint density at radius 2 is 1.88 bits per heavy atom. The van der Waals surface area contributed by atoms with E-state index in [-0.39, 0.29) is 34.1 Å². The van der Waals surface area contributed by atoms with E-state index in [9.17, 15) is 4.79 Å². The van der Waals surface area contributed by atoms with Crippen LogP contribution in [0, 0.1) is 22.7 Å². The summed E-state index contributed by atoms with van der Waals surface area (Å²) in [6, 6.07) is 8.32. The second-order valence-electron chi connectivity index (χ2n) is 8.30. The maximum Gasteiger partial charge on any atom is 0.311 e. The Bertz CT molecular complexity index is 772. The number of carbonyl (C=O) groups excluding carboxylic acids is 1. The van der Waals surface area contributed by atoms with Gasteiger partial charge in [0.2, 0.25) is 0 Å². The van der Waals surface area contributed by atoms with Crippen molar-refractivity contribution < 1.29 is 14.3 Å². The molecule has 6 atom stereocenters. The standard InChI is InChI=1S/C21H23ClO3/c1-19-9-3-4-10-20(19)11-12-21(19,13-5-7-14(24-2)8-6-13)15-16(20)18(23)25-17(15)22/h5-8,11-12,15-17H,3-4,9-10H2,1-2H3/t15-,16+,17-,19-,20+,21+/m0/s1. The average molecular weight is 359 g/mol. The van der Waals surface area contributed by atoms with Gasteiger partial charge in [-0.3, -0.25) is 4.79 Å². The maximum atomic E-state index is 12.8. The molecule has 4 aliphatic rings. The Labute approximate surface area is 153 Å².